The first-order valence-electron chi connectivity index (χ1n) is 4.80. The van der Waals surface area contributed by atoms with Crippen LogP contribution in [0.4, 0.5) is 0 Å². The van der Waals surface area contributed by atoms with Gasteiger partial charge >= 0.3 is 5.97 Å². The van der Waals surface area contributed by atoms with Crippen molar-refractivity contribution in [1.82, 2.24) is 0 Å². The summed E-state index contributed by atoms with van der Waals surface area (Å²) < 4.78 is 0. The number of carbonyl (C=O) groups is 1. The Morgan fingerprint density at radius 2 is 2.38 bits per heavy atom. The van der Waals surface area contributed by atoms with Crippen molar-refractivity contribution in [1.29, 1.82) is 0 Å². The molecule has 2 aliphatic carbocycles. The van der Waals surface area contributed by atoms with Crippen LogP contribution in [-0.2, 0) is 4.79 Å². The van der Waals surface area contributed by atoms with Crippen LogP contribution in [0.15, 0.2) is 23.3 Å². The minimum Gasteiger partial charge on any atom is -0.478 e. The van der Waals surface area contributed by atoms with Gasteiger partial charge < -0.3 is 5.11 Å². The van der Waals surface area contributed by atoms with Crippen molar-refractivity contribution in [3.8, 4) is 0 Å². The lowest BCUT2D eigenvalue weighted by atomic mass is 9.97. The second kappa shape index (κ2) is 3.02. The first-order chi connectivity index (χ1) is 6.16. The summed E-state index contributed by atoms with van der Waals surface area (Å²) >= 11 is 0. The molecule has 0 radical (unpaired) electrons. The van der Waals surface area contributed by atoms with E-state index in [9.17, 15) is 4.79 Å². The third-order valence-corrected chi connectivity index (χ3v) is 3.09. The summed E-state index contributed by atoms with van der Waals surface area (Å²) in [7, 11) is 0. The highest BCUT2D eigenvalue weighted by molar-refractivity contribution is 5.86. The van der Waals surface area contributed by atoms with Crippen molar-refractivity contribution in [3.63, 3.8) is 0 Å². The van der Waals surface area contributed by atoms with Crippen LogP contribution in [0.1, 0.15) is 26.2 Å². The lowest BCUT2D eigenvalue weighted by Gasteiger charge is -2.09. The minimum atomic E-state index is -0.802. The molecule has 0 aromatic rings. The van der Waals surface area contributed by atoms with Gasteiger partial charge in [-0.25, -0.2) is 4.79 Å². The van der Waals surface area contributed by atoms with E-state index >= 15 is 0 Å². The van der Waals surface area contributed by atoms with E-state index in [4.69, 9.17) is 5.11 Å². The zero-order valence-corrected chi connectivity index (χ0v) is 7.79. The van der Waals surface area contributed by atoms with Crippen LogP contribution in [0.2, 0.25) is 0 Å². The van der Waals surface area contributed by atoms with Gasteiger partial charge in [0.1, 0.15) is 0 Å². The van der Waals surface area contributed by atoms with Gasteiger partial charge in [0.15, 0.2) is 0 Å². The SMILES string of the molecule is CC(=CC1=CC2CCC1C2)C(=O)O. The average molecular weight is 178 g/mol. The summed E-state index contributed by atoms with van der Waals surface area (Å²) in [6.07, 6.45) is 7.89. The van der Waals surface area contributed by atoms with E-state index in [2.05, 4.69) is 6.08 Å². The molecule has 0 heterocycles. The Morgan fingerprint density at radius 1 is 1.62 bits per heavy atom. The molecule has 0 aromatic carbocycles. The first kappa shape index (κ1) is 8.54. The monoisotopic (exact) mass is 178 g/mol. The molecule has 0 aromatic heterocycles. The third-order valence-electron chi connectivity index (χ3n) is 3.09. The summed E-state index contributed by atoms with van der Waals surface area (Å²) in [5.74, 6) is 0.584. The molecule has 1 saturated carbocycles. The van der Waals surface area contributed by atoms with Gasteiger partial charge in [-0.2, -0.15) is 0 Å². The normalized spacial score (nSPS) is 32.1. The van der Waals surface area contributed by atoms with Gasteiger partial charge in [0, 0.05) is 5.57 Å². The number of carboxylic acid groups (broad SMARTS) is 1. The predicted octanol–water partition coefficient (Wildman–Crippen LogP) is 2.37. The van der Waals surface area contributed by atoms with Gasteiger partial charge in [-0.1, -0.05) is 6.08 Å². The topological polar surface area (TPSA) is 37.3 Å². The number of hydrogen-bond donors (Lipinski definition) is 1. The number of rotatable bonds is 2. The van der Waals surface area contributed by atoms with Crippen LogP contribution in [0.3, 0.4) is 0 Å². The van der Waals surface area contributed by atoms with E-state index < -0.39 is 5.97 Å². The molecule has 2 nitrogen and oxygen atoms in total. The maximum atomic E-state index is 10.6. The number of aliphatic carboxylic acids is 1. The molecule has 0 spiro atoms. The van der Waals surface area contributed by atoms with Crippen LogP contribution in [0.25, 0.3) is 0 Å². The average Bonchev–Trinajstić information content (AvgIpc) is 2.64. The molecule has 2 rings (SSSR count). The Morgan fingerprint density at radius 3 is 2.85 bits per heavy atom. The molecule has 0 saturated heterocycles. The van der Waals surface area contributed by atoms with E-state index in [0.717, 1.165) is 5.92 Å². The number of allylic oxidation sites excluding steroid dienone is 3. The Balaban J connectivity index is 2.16. The van der Waals surface area contributed by atoms with Gasteiger partial charge in [-0.15, -0.1) is 0 Å². The van der Waals surface area contributed by atoms with Crippen LogP contribution < -0.4 is 0 Å². The third kappa shape index (κ3) is 1.53. The molecule has 2 atom stereocenters. The zero-order chi connectivity index (χ0) is 9.42. The summed E-state index contributed by atoms with van der Waals surface area (Å²) in [6, 6.07) is 0. The highest BCUT2D eigenvalue weighted by Gasteiger charge is 2.31. The highest BCUT2D eigenvalue weighted by Crippen LogP contribution is 2.44. The second-order valence-corrected chi connectivity index (χ2v) is 4.07. The Kier molecular flexibility index (Phi) is 1.98. The number of hydrogen-bond acceptors (Lipinski definition) is 1. The van der Waals surface area contributed by atoms with Crippen molar-refractivity contribution >= 4 is 5.97 Å². The van der Waals surface area contributed by atoms with Crippen molar-refractivity contribution in [2.24, 2.45) is 11.8 Å². The van der Waals surface area contributed by atoms with Gasteiger partial charge in [0.25, 0.3) is 0 Å². The van der Waals surface area contributed by atoms with E-state index in [1.165, 1.54) is 24.8 Å². The Hall–Kier alpha value is -1.05. The van der Waals surface area contributed by atoms with Crippen LogP contribution in [-0.4, -0.2) is 11.1 Å². The van der Waals surface area contributed by atoms with Crippen molar-refractivity contribution in [2.75, 3.05) is 0 Å². The molecule has 1 N–H and O–H groups in total. The molecule has 70 valence electrons. The summed E-state index contributed by atoms with van der Waals surface area (Å²) in [5.41, 5.74) is 1.72. The van der Waals surface area contributed by atoms with Crippen LogP contribution >= 0.6 is 0 Å². The van der Waals surface area contributed by atoms with Crippen molar-refractivity contribution in [2.45, 2.75) is 26.2 Å². The second-order valence-electron chi connectivity index (χ2n) is 4.07. The minimum absolute atomic E-state index is 0.457. The molecule has 2 bridgehead atoms. The first-order valence-corrected chi connectivity index (χ1v) is 4.80. The van der Waals surface area contributed by atoms with Crippen LogP contribution in [0.5, 0.6) is 0 Å². The van der Waals surface area contributed by atoms with E-state index in [1.807, 2.05) is 6.08 Å². The maximum absolute atomic E-state index is 10.6. The number of fused-ring (bicyclic) bond motifs is 2. The quantitative estimate of drug-likeness (QED) is 0.659. The van der Waals surface area contributed by atoms with Crippen molar-refractivity contribution in [3.05, 3.63) is 23.3 Å². The lowest BCUT2D eigenvalue weighted by molar-refractivity contribution is -0.132. The van der Waals surface area contributed by atoms with E-state index in [1.54, 1.807) is 6.92 Å². The maximum Gasteiger partial charge on any atom is 0.331 e. The molecule has 0 amide bonds. The fourth-order valence-electron chi connectivity index (χ4n) is 2.36. The van der Waals surface area contributed by atoms with Crippen LogP contribution in [0, 0.1) is 11.8 Å². The highest BCUT2D eigenvalue weighted by atomic mass is 16.4. The standard InChI is InChI=1S/C11H14O2/c1-7(11(12)13)4-10-6-8-2-3-9(10)5-8/h4,6,8-9H,2-3,5H2,1H3,(H,12,13). The fraction of sp³-hybridized carbons (Fsp3) is 0.545. The molecule has 2 heteroatoms. The molecule has 2 unspecified atom stereocenters. The molecule has 0 aliphatic heterocycles. The summed E-state index contributed by atoms with van der Waals surface area (Å²) in [4.78, 5) is 10.6. The lowest BCUT2D eigenvalue weighted by Crippen LogP contribution is -2.00. The predicted molar refractivity (Wildman–Crippen MR) is 50.3 cm³/mol. The van der Waals surface area contributed by atoms with E-state index in [-0.39, 0.29) is 0 Å². The van der Waals surface area contributed by atoms with Crippen molar-refractivity contribution < 1.29 is 9.90 Å². The number of carboxylic acids is 1. The van der Waals surface area contributed by atoms with Gasteiger partial charge in [0.2, 0.25) is 0 Å². The van der Waals surface area contributed by atoms with Gasteiger partial charge in [0.05, 0.1) is 0 Å². The molecule has 1 fully saturated rings. The molecular weight excluding hydrogens is 164 g/mol. The van der Waals surface area contributed by atoms with Gasteiger partial charge in [-0.3, -0.25) is 0 Å². The Bertz CT molecular complexity index is 299. The largest absolute Gasteiger partial charge is 0.478 e. The zero-order valence-electron chi connectivity index (χ0n) is 7.79. The van der Waals surface area contributed by atoms with E-state index in [0.29, 0.717) is 11.5 Å². The van der Waals surface area contributed by atoms with Gasteiger partial charge in [-0.05, 0) is 49.7 Å². The molecular formula is C11H14O2. The summed E-state index contributed by atoms with van der Waals surface area (Å²) in [6.45, 7) is 1.66. The fourth-order valence-corrected chi connectivity index (χ4v) is 2.36. The summed E-state index contributed by atoms with van der Waals surface area (Å²) in [5, 5.41) is 8.72. The molecule has 13 heavy (non-hydrogen) atoms. The molecule has 2 aliphatic rings. The smallest absolute Gasteiger partial charge is 0.331 e. The Labute approximate surface area is 78.0 Å².